The van der Waals surface area contributed by atoms with Crippen molar-refractivity contribution < 1.29 is 14.3 Å². The van der Waals surface area contributed by atoms with Crippen LogP contribution >= 0.6 is 0 Å². The first-order valence-corrected chi connectivity index (χ1v) is 8.01. The highest BCUT2D eigenvalue weighted by molar-refractivity contribution is 5.88. The van der Waals surface area contributed by atoms with Gasteiger partial charge < -0.3 is 13.9 Å². The van der Waals surface area contributed by atoms with Crippen molar-refractivity contribution in [3.63, 3.8) is 0 Å². The number of carbonyl (C=O) groups is 1. The highest BCUT2D eigenvalue weighted by Crippen LogP contribution is 2.14. The number of rotatable bonds is 6. The van der Waals surface area contributed by atoms with Gasteiger partial charge in [0.05, 0.1) is 0 Å². The molecular formula is C19H20N2O3. The Morgan fingerprint density at radius 2 is 2.00 bits per heavy atom. The molecule has 0 aliphatic rings. The third kappa shape index (κ3) is 3.56. The average Bonchev–Trinajstić information content (AvgIpc) is 3.04. The van der Waals surface area contributed by atoms with Gasteiger partial charge in [0.1, 0.15) is 24.6 Å². The van der Waals surface area contributed by atoms with Crippen molar-refractivity contribution in [1.82, 2.24) is 9.38 Å². The molecule has 0 bridgehead atoms. The smallest absolute Gasteiger partial charge is 0.358 e. The molecule has 0 saturated carbocycles. The Morgan fingerprint density at radius 3 is 2.79 bits per heavy atom. The summed E-state index contributed by atoms with van der Waals surface area (Å²) in [5.41, 5.74) is 3.26. The minimum absolute atomic E-state index is 0.183. The van der Waals surface area contributed by atoms with Crippen molar-refractivity contribution in [3.8, 4) is 5.75 Å². The summed E-state index contributed by atoms with van der Waals surface area (Å²) in [5, 5.41) is 0. The van der Waals surface area contributed by atoms with E-state index >= 15 is 0 Å². The maximum atomic E-state index is 12.1. The van der Waals surface area contributed by atoms with Gasteiger partial charge in [0, 0.05) is 11.9 Å². The molecule has 0 aliphatic carbocycles. The molecule has 0 unspecified atom stereocenters. The number of hydrogen-bond acceptors (Lipinski definition) is 4. The molecule has 0 spiro atoms. The van der Waals surface area contributed by atoms with E-state index < -0.39 is 5.97 Å². The van der Waals surface area contributed by atoms with Crippen LogP contribution in [0, 0.1) is 6.92 Å². The molecule has 124 valence electrons. The van der Waals surface area contributed by atoms with Gasteiger partial charge in [-0.15, -0.1) is 0 Å². The van der Waals surface area contributed by atoms with Crippen LogP contribution in [0.4, 0.5) is 0 Å². The summed E-state index contributed by atoms with van der Waals surface area (Å²) >= 11 is 0. The highest BCUT2D eigenvalue weighted by Gasteiger charge is 2.12. The van der Waals surface area contributed by atoms with Gasteiger partial charge >= 0.3 is 5.97 Å². The van der Waals surface area contributed by atoms with Crippen LogP contribution in [0.1, 0.15) is 28.7 Å². The molecule has 2 aromatic heterocycles. The van der Waals surface area contributed by atoms with Gasteiger partial charge in [-0.05, 0) is 43.2 Å². The highest BCUT2D eigenvalue weighted by atomic mass is 16.6. The van der Waals surface area contributed by atoms with Crippen molar-refractivity contribution in [1.29, 1.82) is 0 Å². The molecule has 0 atom stereocenters. The molecule has 0 radical (unpaired) electrons. The van der Waals surface area contributed by atoms with Crippen molar-refractivity contribution >= 4 is 11.6 Å². The zero-order valence-electron chi connectivity index (χ0n) is 13.9. The SMILES string of the molecule is CCc1cccc(OCCOC(=O)c2cn3c(C)cccc3n2)c1. The van der Waals surface area contributed by atoms with Crippen molar-refractivity contribution in [2.45, 2.75) is 20.3 Å². The van der Waals surface area contributed by atoms with Crippen molar-refractivity contribution in [2.24, 2.45) is 0 Å². The Kier molecular flexibility index (Phi) is 4.79. The average molecular weight is 324 g/mol. The zero-order chi connectivity index (χ0) is 16.9. The number of esters is 1. The van der Waals surface area contributed by atoms with Crippen LogP contribution in [0.5, 0.6) is 5.75 Å². The number of fused-ring (bicyclic) bond motifs is 1. The lowest BCUT2D eigenvalue weighted by atomic mass is 10.2. The van der Waals surface area contributed by atoms with E-state index in [1.54, 1.807) is 6.20 Å². The van der Waals surface area contributed by atoms with Gasteiger partial charge in [-0.1, -0.05) is 25.1 Å². The predicted molar refractivity (Wildman–Crippen MR) is 91.5 cm³/mol. The molecule has 5 nitrogen and oxygen atoms in total. The van der Waals surface area contributed by atoms with Crippen LogP contribution in [0.3, 0.4) is 0 Å². The molecule has 1 aromatic carbocycles. The lowest BCUT2D eigenvalue weighted by molar-refractivity contribution is 0.0444. The molecular weight excluding hydrogens is 304 g/mol. The van der Waals surface area contributed by atoms with E-state index in [-0.39, 0.29) is 6.61 Å². The molecule has 3 aromatic rings. The van der Waals surface area contributed by atoms with E-state index in [1.807, 2.05) is 47.7 Å². The molecule has 0 N–H and O–H groups in total. The standard InChI is InChI=1S/C19H20N2O3/c1-3-15-7-5-8-16(12-15)23-10-11-24-19(22)17-13-21-14(2)6-4-9-18(21)20-17/h4-9,12-13H,3,10-11H2,1-2H3. The van der Waals surface area contributed by atoms with E-state index in [0.717, 1.165) is 23.5 Å². The lowest BCUT2D eigenvalue weighted by Crippen LogP contribution is -2.12. The predicted octanol–water partition coefficient (Wildman–Crippen LogP) is 3.44. The maximum absolute atomic E-state index is 12.1. The van der Waals surface area contributed by atoms with Gasteiger partial charge in [0.15, 0.2) is 5.69 Å². The first-order valence-electron chi connectivity index (χ1n) is 8.01. The number of ether oxygens (including phenoxy) is 2. The normalized spacial score (nSPS) is 10.8. The fourth-order valence-electron chi connectivity index (χ4n) is 2.47. The summed E-state index contributed by atoms with van der Waals surface area (Å²) in [5.74, 6) is 0.345. The number of nitrogens with zero attached hydrogens (tertiary/aromatic N) is 2. The molecule has 5 heteroatoms. The number of benzene rings is 1. The molecule has 3 rings (SSSR count). The quantitative estimate of drug-likeness (QED) is 0.515. The Balaban J connectivity index is 1.54. The topological polar surface area (TPSA) is 52.8 Å². The molecule has 2 heterocycles. The van der Waals surface area contributed by atoms with Gasteiger partial charge in [0.2, 0.25) is 0 Å². The first-order chi connectivity index (χ1) is 11.7. The first kappa shape index (κ1) is 16.1. The summed E-state index contributed by atoms with van der Waals surface area (Å²) in [6.45, 7) is 4.55. The number of pyridine rings is 1. The van der Waals surface area contributed by atoms with E-state index in [2.05, 4.69) is 18.0 Å². The fraction of sp³-hybridized carbons (Fsp3) is 0.263. The van der Waals surface area contributed by atoms with E-state index in [9.17, 15) is 4.79 Å². The zero-order valence-corrected chi connectivity index (χ0v) is 13.9. The van der Waals surface area contributed by atoms with Crippen LogP contribution in [0.25, 0.3) is 5.65 Å². The number of imidazole rings is 1. The van der Waals surface area contributed by atoms with Gasteiger partial charge in [-0.25, -0.2) is 9.78 Å². The Labute approximate surface area is 140 Å². The van der Waals surface area contributed by atoms with Gasteiger partial charge in [-0.2, -0.15) is 0 Å². The second-order valence-electron chi connectivity index (χ2n) is 5.51. The summed E-state index contributed by atoms with van der Waals surface area (Å²) in [7, 11) is 0. The molecule has 0 saturated heterocycles. The second kappa shape index (κ2) is 7.17. The maximum Gasteiger partial charge on any atom is 0.358 e. The number of aryl methyl sites for hydroxylation is 2. The molecule has 0 fully saturated rings. The Bertz CT molecular complexity index is 855. The van der Waals surface area contributed by atoms with Gasteiger partial charge in [0.25, 0.3) is 0 Å². The Hall–Kier alpha value is -2.82. The fourth-order valence-corrected chi connectivity index (χ4v) is 2.47. The molecule has 0 amide bonds. The Morgan fingerprint density at radius 1 is 1.17 bits per heavy atom. The molecule has 24 heavy (non-hydrogen) atoms. The monoisotopic (exact) mass is 324 g/mol. The number of aromatic nitrogens is 2. The second-order valence-corrected chi connectivity index (χ2v) is 5.51. The van der Waals surface area contributed by atoms with E-state index in [0.29, 0.717) is 12.3 Å². The number of hydrogen-bond donors (Lipinski definition) is 0. The summed E-state index contributed by atoms with van der Waals surface area (Å²) in [6.07, 6.45) is 2.65. The minimum atomic E-state index is -0.441. The summed E-state index contributed by atoms with van der Waals surface area (Å²) in [6, 6.07) is 13.6. The summed E-state index contributed by atoms with van der Waals surface area (Å²) < 4.78 is 12.7. The van der Waals surface area contributed by atoms with Crippen molar-refractivity contribution in [3.05, 3.63) is 65.6 Å². The number of carbonyl (C=O) groups excluding carboxylic acids is 1. The van der Waals surface area contributed by atoms with Gasteiger partial charge in [-0.3, -0.25) is 0 Å². The van der Waals surface area contributed by atoms with Crippen molar-refractivity contribution in [2.75, 3.05) is 13.2 Å². The minimum Gasteiger partial charge on any atom is -0.490 e. The van der Waals surface area contributed by atoms with E-state index in [4.69, 9.17) is 9.47 Å². The van der Waals surface area contributed by atoms with Crippen LogP contribution in [0.2, 0.25) is 0 Å². The third-order valence-electron chi connectivity index (χ3n) is 3.80. The summed E-state index contributed by atoms with van der Waals surface area (Å²) in [4.78, 5) is 16.4. The van der Waals surface area contributed by atoms with Crippen LogP contribution in [-0.4, -0.2) is 28.6 Å². The van der Waals surface area contributed by atoms with E-state index in [1.165, 1.54) is 5.56 Å². The van der Waals surface area contributed by atoms with Crippen LogP contribution in [-0.2, 0) is 11.2 Å². The lowest BCUT2D eigenvalue weighted by Gasteiger charge is -2.07. The molecule has 0 aliphatic heterocycles. The van der Waals surface area contributed by atoms with Crippen LogP contribution in [0.15, 0.2) is 48.7 Å². The van der Waals surface area contributed by atoms with Crippen LogP contribution < -0.4 is 4.74 Å². The third-order valence-corrected chi connectivity index (χ3v) is 3.80. The largest absolute Gasteiger partial charge is 0.490 e.